The van der Waals surface area contributed by atoms with Crippen LogP contribution in [0.15, 0.2) is 36.5 Å². The van der Waals surface area contributed by atoms with Crippen LogP contribution in [0.4, 0.5) is 5.69 Å². The van der Waals surface area contributed by atoms with Gasteiger partial charge in [-0.1, -0.05) is 12.1 Å². The molecule has 6 heteroatoms. The number of ether oxygens (including phenoxy) is 3. The van der Waals surface area contributed by atoms with Crippen molar-refractivity contribution < 1.29 is 14.2 Å². The van der Waals surface area contributed by atoms with E-state index in [1.54, 1.807) is 13.3 Å². The smallest absolute Gasteiger partial charge is 0.119 e. The van der Waals surface area contributed by atoms with E-state index in [2.05, 4.69) is 16.0 Å². The molecule has 1 fully saturated rings. The predicted molar refractivity (Wildman–Crippen MR) is 101 cm³/mol. The van der Waals surface area contributed by atoms with Crippen LogP contribution in [-0.4, -0.2) is 56.4 Å². The van der Waals surface area contributed by atoms with Crippen molar-refractivity contribution in [2.24, 2.45) is 0 Å². The van der Waals surface area contributed by atoms with Crippen molar-refractivity contribution in [3.63, 3.8) is 0 Å². The van der Waals surface area contributed by atoms with E-state index in [4.69, 9.17) is 19.9 Å². The molecule has 1 aliphatic heterocycles. The molecule has 0 atom stereocenters. The number of nitrogens with two attached hydrogens (primary N) is 1. The van der Waals surface area contributed by atoms with Crippen molar-refractivity contribution in [1.82, 2.24) is 9.88 Å². The number of benzene rings is 1. The van der Waals surface area contributed by atoms with Crippen LogP contribution in [-0.2, 0) is 22.5 Å². The Bertz CT molecular complexity index is 702. The first kappa shape index (κ1) is 18.6. The lowest BCUT2D eigenvalue weighted by molar-refractivity contribution is 0.0176. The Balaban J connectivity index is 1.59. The molecule has 26 heavy (non-hydrogen) atoms. The summed E-state index contributed by atoms with van der Waals surface area (Å²) in [6.45, 7) is 5.62. The first-order chi connectivity index (χ1) is 12.8. The molecule has 1 saturated heterocycles. The highest BCUT2D eigenvalue weighted by Crippen LogP contribution is 2.22. The summed E-state index contributed by atoms with van der Waals surface area (Å²) in [6, 6.07) is 9.85. The van der Waals surface area contributed by atoms with Gasteiger partial charge in [-0.2, -0.15) is 0 Å². The summed E-state index contributed by atoms with van der Waals surface area (Å²) in [5, 5.41) is 0. The number of pyridine rings is 1. The SMILES string of the molecule is COc1cccc(Cc2c(N)ccnc2COCCN2CCOCC2)c1. The van der Waals surface area contributed by atoms with Gasteiger partial charge in [0.05, 0.1) is 39.2 Å². The molecule has 1 aromatic carbocycles. The van der Waals surface area contributed by atoms with Crippen molar-refractivity contribution in [1.29, 1.82) is 0 Å². The van der Waals surface area contributed by atoms with E-state index in [0.29, 0.717) is 19.6 Å². The van der Waals surface area contributed by atoms with Gasteiger partial charge in [0.2, 0.25) is 0 Å². The van der Waals surface area contributed by atoms with E-state index in [9.17, 15) is 0 Å². The molecular weight excluding hydrogens is 330 g/mol. The van der Waals surface area contributed by atoms with Gasteiger partial charge in [0.25, 0.3) is 0 Å². The lowest BCUT2D eigenvalue weighted by Crippen LogP contribution is -2.38. The molecule has 140 valence electrons. The van der Waals surface area contributed by atoms with E-state index in [1.165, 1.54) is 0 Å². The maximum Gasteiger partial charge on any atom is 0.119 e. The summed E-state index contributed by atoms with van der Waals surface area (Å²) in [5.74, 6) is 0.841. The molecule has 2 N–H and O–H groups in total. The van der Waals surface area contributed by atoms with Gasteiger partial charge in [-0.25, -0.2) is 0 Å². The van der Waals surface area contributed by atoms with Gasteiger partial charge in [0.1, 0.15) is 5.75 Å². The Morgan fingerprint density at radius 1 is 1.23 bits per heavy atom. The molecule has 0 bridgehead atoms. The maximum absolute atomic E-state index is 6.21. The van der Waals surface area contributed by atoms with Crippen LogP contribution in [0, 0.1) is 0 Å². The Labute approximate surface area is 154 Å². The predicted octanol–water partition coefficient (Wildman–Crippen LogP) is 2.11. The number of hydrogen-bond donors (Lipinski definition) is 1. The molecule has 1 aliphatic rings. The number of nitrogens with zero attached hydrogens (tertiary/aromatic N) is 2. The van der Waals surface area contributed by atoms with Crippen molar-refractivity contribution in [2.75, 3.05) is 52.3 Å². The maximum atomic E-state index is 6.21. The molecule has 1 aromatic heterocycles. The quantitative estimate of drug-likeness (QED) is 0.730. The van der Waals surface area contributed by atoms with Gasteiger partial charge in [-0.3, -0.25) is 9.88 Å². The van der Waals surface area contributed by atoms with Crippen LogP contribution < -0.4 is 10.5 Å². The topological polar surface area (TPSA) is 69.8 Å². The zero-order valence-corrected chi connectivity index (χ0v) is 15.3. The van der Waals surface area contributed by atoms with Crippen LogP contribution >= 0.6 is 0 Å². The fourth-order valence-electron chi connectivity index (χ4n) is 3.05. The number of hydrogen-bond acceptors (Lipinski definition) is 6. The van der Waals surface area contributed by atoms with Crippen LogP contribution in [0.25, 0.3) is 0 Å². The zero-order valence-electron chi connectivity index (χ0n) is 15.3. The number of methoxy groups -OCH3 is 1. The molecular formula is C20H27N3O3. The second-order valence-electron chi connectivity index (χ2n) is 6.36. The fourth-order valence-corrected chi connectivity index (χ4v) is 3.05. The first-order valence-corrected chi connectivity index (χ1v) is 8.99. The van der Waals surface area contributed by atoms with Crippen LogP contribution in [0.2, 0.25) is 0 Å². The Kier molecular flexibility index (Phi) is 6.82. The molecule has 0 unspecified atom stereocenters. The second kappa shape index (κ2) is 9.52. The Morgan fingerprint density at radius 2 is 2.08 bits per heavy atom. The average molecular weight is 357 g/mol. The molecule has 6 nitrogen and oxygen atoms in total. The highest BCUT2D eigenvalue weighted by molar-refractivity contribution is 5.50. The van der Waals surface area contributed by atoms with Crippen LogP contribution in [0.3, 0.4) is 0 Å². The monoisotopic (exact) mass is 357 g/mol. The van der Waals surface area contributed by atoms with Crippen molar-refractivity contribution in [3.8, 4) is 5.75 Å². The molecule has 0 aliphatic carbocycles. The third kappa shape index (κ3) is 5.17. The number of rotatable bonds is 8. The van der Waals surface area contributed by atoms with E-state index in [-0.39, 0.29) is 0 Å². The zero-order chi connectivity index (χ0) is 18.2. The normalized spacial score (nSPS) is 15.1. The minimum atomic E-state index is 0.467. The van der Waals surface area contributed by atoms with Gasteiger partial charge >= 0.3 is 0 Å². The lowest BCUT2D eigenvalue weighted by Gasteiger charge is -2.26. The highest BCUT2D eigenvalue weighted by Gasteiger charge is 2.12. The van der Waals surface area contributed by atoms with Gasteiger partial charge in [0, 0.05) is 43.5 Å². The summed E-state index contributed by atoms with van der Waals surface area (Å²) in [4.78, 5) is 6.85. The van der Waals surface area contributed by atoms with E-state index < -0.39 is 0 Å². The molecule has 0 amide bonds. The standard InChI is InChI=1S/C20H27N3O3/c1-24-17-4-2-3-16(13-17)14-18-19(21)5-6-22-20(18)15-26-12-9-23-7-10-25-11-8-23/h2-6,13H,7-12,14-15H2,1H3,(H2,21,22). The highest BCUT2D eigenvalue weighted by atomic mass is 16.5. The summed E-state index contributed by atoms with van der Waals surface area (Å²) < 4.78 is 16.5. The Morgan fingerprint density at radius 3 is 2.88 bits per heavy atom. The van der Waals surface area contributed by atoms with E-state index in [1.807, 2.05) is 24.3 Å². The molecule has 0 saturated carbocycles. The molecule has 0 spiro atoms. The van der Waals surface area contributed by atoms with E-state index >= 15 is 0 Å². The number of aromatic nitrogens is 1. The Hall–Kier alpha value is -2.15. The molecule has 3 rings (SSSR count). The average Bonchev–Trinajstić information content (AvgIpc) is 2.68. The molecule has 2 aromatic rings. The largest absolute Gasteiger partial charge is 0.497 e. The number of nitrogen functional groups attached to an aromatic ring is 1. The minimum absolute atomic E-state index is 0.467. The summed E-state index contributed by atoms with van der Waals surface area (Å²) in [6.07, 6.45) is 2.45. The lowest BCUT2D eigenvalue weighted by atomic mass is 10.0. The first-order valence-electron chi connectivity index (χ1n) is 8.99. The van der Waals surface area contributed by atoms with Crippen molar-refractivity contribution in [3.05, 3.63) is 53.3 Å². The van der Waals surface area contributed by atoms with Gasteiger partial charge in [-0.05, 0) is 23.8 Å². The summed E-state index contributed by atoms with van der Waals surface area (Å²) in [5.41, 5.74) is 10.0. The van der Waals surface area contributed by atoms with Gasteiger partial charge in [0.15, 0.2) is 0 Å². The van der Waals surface area contributed by atoms with Crippen molar-refractivity contribution >= 4 is 5.69 Å². The third-order valence-corrected chi connectivity index (χ3v) is 4.59. The van der Waals surface area contributed by atoms with Crippen molar-refractivity contribution in [2.45, 2.75) is 13.0 Å². The molecule has 2 heterocycles. The van der Waals surface area contributed by atoms with Crippen LogP contribution in [0.1, 0.15) is 16.8 Å². The van der Waals surface area contributed by atoms with E-state index in [0.717, 1.165) is 61.1 Å². The third-order valence-electron chi connectivity index (χ3n) is 4.59. The van der Waals surface area contributed by atoms with Crippen LogP contribution in [0.5, 0.6) is 5.75 Å². The minimum Gasteiger partial charge on any atom is -0.497 e. The van der Waals surface area contributed by atoms with Gasteiger partial charge < -0.3 is 19.9 Å². The summed E-state index contributed by atoms with van der Waals surface area (Å²) in [7, 11) is 1.67. The molecule has 0 radical (unpaired) electrons. The fraction of sp³-hybridized carbons (Fsp3) is 0.450. The van der Waals surface area contributed by atoms with Gasteiger partial charge in [-0.15, -0.1) is 0 Å². The summed E-state index contributed by atoms with van der Waals surface area (Å²) >= 11 is 0. The number of anilines is 1. The number of morpholine rings is 1. The second-order valence-corrected chi connectivity index (χ2v) is 6.36.